The van der Waals surface area contributed by atoms with Crippen molar-refractivity contribution in [2.45, 2.75) is 57.0 Å². The van der Waals surface area contributed by atoms with Gasteiger partial charge < -0.3 is 9.88 Å². The van der Waals surface area contributed by atoms with Crippen molar-refractivity contribution >= 4 is 50.9 Å². The minimum atomic E-state index is -0.338. The van der Waals surface area contributed by atoms with Crippen LogP contribution >= 0.6 is 11.8 Å². The van der Waals surface area contributed by atoms with Crippen LogP contribution in [0.2, 0.25) is 0 Å². The number of benzene rings is 3. The van der Waals surface area contributed by atoms with Gasteiger partial charge >= 0.3 is 0 Å². The Hall–Kier alpha value is -4.24. The molecule has 0 unspecified atom stereocenters. The normalized spacial score (nSPS) is 12.4. The average molecular weight is 550 g/mol. The lowest BCUT2D eigenvalue weighted by Gasteiger charge is -2.15. The molecule has 1 atom stereocenters. The number of fused-ring (bicyclic) bond motifs is 4. The van der Waals surface area contributed by atoms with Crippen molar-refractivity contribution in [3.63, 3.8) is 0 Å². The number of hydrogen-bond donors (Lipinski definition) is 1. The van der Waals surface area contributed by atoms with Crippen molar-refractivity contribution in [1.82, 2.24) is 29.1 Å². The van der Waals surface area contributed by atoms with Crippen LogP contribution in [0.1, 0.15) is 37.5 Å². The van der Waals surface area contributed by atoms with Gasteiger partial charge in [-0.2, -0.15) is 4.52 Å². The minimum Gasteiger partial charge on any atom is -0.328 e. The van der Waals surface area contributed by atoms with E-state index in [4.69, 9.17) is 15.1 Å². The highest BCUT2D eigenvalue weighted by Gasteiger charge is 2.23. The molecule has 1 N–H and O–H groups in total. The molecule has 1 amide bonds. The number of rotatable bonds is 9. The standard InChI is InChI=1S/C31H31N7OS/c1-4-21-14-16-22(17-15-21)33-30(39)27(5-2)40-31-34-24-11-7-6-10-23(24)29-35-28(36-38(29)31)18-19-37-20(3)32-25-12-8-9-13-26(25)37/h6-17,27H,4-5,18-19H2,1-3H3,(H,33,39)/t27-/m0/s1. The molecule has 0 aliphatic heterocycles. The van der Waals surface area contributed by atoms with Gasteiger partial charge in [0.25, 0.3) is 0 Å². The third-order valence-electron chi connectivity index (χ3n) is 7.14. The van der Waals surface area contributed by atoms with Crippen LogP contribution in [0.15, 0.2) is 78.0 Å². The van der Waals surface area contributed by atoms with Crippen molar-refractivity contribution in [3.05, 3.63) is 90.0 Å². The fourth-order valence-corrected chi connectivity index (χ4v) is 5.91. The van der Waals surface area contributed by atoms with Crippen molar-refractivity contribution in [3.8, 4) is 0 Å². The van der Waals surface area contributed by atoms with E-state index < -0.39 is 0 Å². The molecule has 3 aromatic heterocycles. The summed E-state index contributed by atoms with van der Waals surface area (Å²) >= 11 is 1.42. The van der Waals surface area contributed by atoms with Crippen LogP contribution < -0.4 is 5.32 Å². The highest BCUT2D eigenvalue weighted by atomic mass is 32.2. The van der Waals surface area contributed by atoms with E-state index in [1.807, 2.05) is 80.6 Å². The van der Waals surface area contributed by atoms with Gasteiger partial charge in [-0.25, -0.2) is 15.0 Å². The Morgan fingerprint density at radius 1 is 0.925 bits per heavy atom. The fraction of sp³-hybridized carbons (Fsp3) is 0.258. The second-order valence-electron chi connectivity index (χ2n) is 9.78. The Morgan fingerprint density at radius 3 is 2.45 bits per heavy atom. The van der Waals surface area contributed by atoms with Crippen LogP contribution in [-0.2, 0) is 24.2 Å². The van der Waals surface area contributed by atoms with Gasteiger partial charge in [0.2, 0.25) is 5.91 Å². The SMILES string of the molecule is CCc1ccc(NC(=O)[C@H](CC)Sc2nc3ccccc3c3nc(CCn4c(C)nc5ccccc54)nn23)cc1. The summed E-state index contributed by atoms with van der Waals surface area (Å²) < 4.78 is 4.00. The molecule has 0 fully saturated rings. The molecule has 202 valence electrons. The zero-order valence-electron chi connectivity index (χ0n) is 22.8. The van der Waals surface area contributed by atoms with E-state index in [1.165, 1.54) is 17.3 Å². The van der Waals surface area contributed by atoms with Crippen molar-refractivity contribution in [1.29, 1.82) is 0 Å². The smallest absolute Gasteiger partial charge is 0.237 e. The van der Waals surface area contributed by atoms with Crippen LogP contribution in [0, 0.1) is 6.92 Å². The molecule has 6 aromatic rings. The van der Waals surface area contributed by atoms with Gasteiger partial charge in [0, 0.05) is 24.0 Å². The summed E-state index contributed by atoms with van der Waals surface area (Å²) in [6.45, 7) is 6.87. The van der Waals surface area contributed by atoms with Crippen LogP contribution in [0.4, 0.5) is 5.69 Å². The maximum absolute atomic E-state index is 13.3. The van der Waals surface area contributed by atoms with Gasteiger partial charge in [0.15, 0.2) is 16.6 Å². The Balaban J connectivity index is 1.29. The number of nitrogens with zero attached hydrogens (tertiary/aromatic N) is 6. The number of carbonyl (C=O) groups is 1. The fourth-order valence-electron chi connectivity index (χ4n) is 4.94. The van der Waals surface area contributed by atoms with E-state index in [1.54, 1.807) is 4.52 Å². The lowest BCUT2D eigenvalue weighted by atomic mass is 10.1. The molecule has 0 aliphatic carbocycles. The van der Waals surface area contributed by atoms with E-state index in [0.29, 0.717) is 24.5 Å². The first-order valence-corrected chi connectivity index (χ1v) is 14.5. The number of anilines is 1. The third-order valence-corrected chi connectivity index (χ3v) is 8.45. The second kappa shape index (κ2) is 11.1. The van der Waals surface area contributed by atoms with Gasteiger partial charge in [-0.3, -0.25) is 4.79 Å². The molecular formula is C31H31N7OS. The van der Waals surface area contributed by atoms with E-state index >= 15 is 0 Å². The molecule has 3 aromatic carbocycles. The number of nitrogens with one attached hydrogen (secondary N) is 1. The quantitative estimate of drug-likeness (QED) is 0.169. The summed E-state index contributed by atoms with van der Waals surface area (Å²) in [5.41, 5.74) is 5.71. The Bertz CT molecular complexity index is 1820. The number of imidazole rings is 1. The highest BCUT2D eigenvalue weighted by Crippen LogP contribution is 2.29. The first kappa shape index (κ1) is 26.0. The van der Waals surface area contributed by atoms with Gasteiger partial charge in [0.1, 0.15) is 5.82 Å². The molecule has 0 aliphatic rings. The van der Waals surface area contributed by atoms with E-state index in [9.17, 15) is 4.79 Å². The van der Waals surface area contributed by atoms with Gasteiger partial charge in [-0.15, -0.1) is 5.10 Å². The van der Waals surface area contributed by atoms with Crippen molar-refractivity contribution < 1.29 is 4.79 Å². The molecule has 40 heavy (non-hydrogen) atoms. The van der Waals surface area contributed by atoms with E-state index in [2.05, 4.69) is 27.9 Å². The summed E-state index contributed by atoms with van der Waals surface area (Å²) in [6.07, 6.45) is 2.25. The van der Waals surface area contributed by atoms with Crippen LogP contribution in [0.25, 0.3) is 27.6 Å². The number of amides is 1. The van der Waals surface area contributed by atoms with Crippen LogP contribution in [0.5, 0.6) is 0 Å². The largest absolute Gasteiger partial charge is 0.328 e. The molecule has 6 rings (SSSR count). The van der Waals surface area contributed by atoms with E-state index in [-0.39, 0.29) is 11.2 Å². The first-order valence-electron chi connectivity index (χ1n) is 13.7. The maximum atomic E-state index is 13.3. The van der Waals surface area contributed by atoms with E-state index in [0.717, 1.165) is 51.3 Å². The van der Waals surface area contributed by atoms with Gasteiger partial charge in [0.05, 0.1) is 21.8 Å². The highest BCUT2D eigenvalue weighted by molar-refractivity contribution is 8.00. The number of para-hydroxylation sites is 3. The molecule has 0 saturated carbocycles. The predicted molar refractivity (Wildman–Crippen MR) is 161 cm³/mol. The molecule has 0 bridgehead atoms. The predicted octanol–water partition coefficient (Wildman–Crippen LogP) is 6.25. The zero-order valence-corrected chi connectivity index (χ0v) is 23.7. The lowest BCUT2D eigenvalue weighted by molar-refractivity contribution is -0.115. The molecule has 0 spiro atoms. The van der Waals surface area contributed by atoms with Crippen LogP contribution in [0.3, 0.4) is 0 Å². The molecule has 0 saturated heterocycles. The number of thioether (sulfide) groups is 1. The van der Waals surface area contributed by atoms with Gasteiger partial charge in [-0.1, -0.05) is 62.0 Å². The molecule has 0 radical (unpaired) electrons. The average Bonchev–Trinajstić information content (AvgIpc) is 3.55. The number of aryl methyl sites for hydroxylation is 4. The first-order chi connectivity index (χ1) is 19.5. The van der Waals surface area contributed by atoms with Crippen molar-refractivity contribution in [2.75, 3.05) is 5.32 Å². The summed E-state index contributed by atoms with van der Waals surface area (Å²) in [5, 5.41) is 9.20. The second-order valence-corrected chi connectivity index (χ2v) is 10.9. The molecule has 9 heteroatoms. The van der Waals surface area contributed by atoms with Crippen LogP contribution in [-0.4, -0.2) is 40.3 Å². The number of carbonyl (C=O) groups excluding carboxylic acids is 1. The maximum Gasteiger partial charge on any atom is 0.237 e. The Kier molecular flexibility index (Phi) is 7.21. The summed E-state index contributed by atoms with van der Waals surface area (Å²) in [6, 6.07) is 24.1. The molecular weight excluding hydrogens is 518 g/mol. The lowest BCUT2D eigenvalue weighted by Crippen LogP contribution is -2.25. The topological polar surface area (TPSA) is 90.0 Å². The monoisotopic (exact) mass is 549 g/mol. The molecule has 3 heterocycles. The molecule has 8 nitrogen and oxygen atoms in total. The number of hydrogen-bond acceptors (Lipinski definition) is 6. The minimum absolute atomic E-state index is 0.0531. The third kappa shape index (κ3) is 5.04. The summed E-state index contributed by atoms with van der Waals surface area (Å²) in [5.74, 6) is 1.64. The van der Waals surface area contributed by atoms with Gasteiger partial charge in [-0.05, 0) is 61.7 Å². The Morgan fingerprint density at radius 2 is 1.68 bits per heavy atom. The summed E-state index contributed by atoms with van der Waals surface area (Å²) in [4.78, 5) is 27.8. The summed E-state index contributed by atoms with van der Waals surface area (Å²) in [7, 11) is 0. The number of aromatic nitrogens is 6. The Labute approximate surface area is 236 Å². The van der Waals surface area contributed by atoms with Crippen molar-refractivity contribution in [2.24, 2.45) is 0 Å². The zero-order chi connectivity index (χ0) is 27.6.